The molecule has 4 aliphatic carbocycles. The molecule has 0 radical (unpaired) electrons. The van der Waals surface area contributed by atoms with Gasteiger partial charge in [0.15, 0.2) is 5.78 Å². The third-order valence-corrected chi connectivity index (χ3v) is 11.9. The number of ether oxygens (including phenoxy) is 1. The highest BCUT2D eigenvalue weighted by molar-refractivity contribution is 5.95. The number of hydrogen-bond acceptors (Lipinski definition) is 8. The van der Waals surface area contributed by atoms with Gasteiger partial charge in [-0.05, 0) is 87.7 Å². The van der Waals surface area contributed by atoms with Crippen LogP contribution in [0.15, 0.2) is 11.6 Å². The first-order valence-electron chi connectivity index (χ1n) is 14.0. The van der Waals surface area contributed by atoms with E-state index < -0.39 is 52.2 Å². The minimum atomic E-state index is -1.52. The van der Waals surface area contributed by atoms with E-state index in [0.29, 0.717) is 37.7 Å². The van der Waals surface area contributed by atoms with Crippen LogP contribution in [-0.4, -0.2) is 72.9 Å². The normalized spacial score (nSPS) is 51.9. The fourth-order valence-corrected chi connectivity index (χ4v) is 9.39. The molecule has 0 bridgehead atoms. The van der Waals surface area contributed by atoms with Crippen LogP contribution >= 0.6 is 0 Å². The molecule has 5 aliphatic rings. The quantitative estimate of drug-likeness (QED) is 0.354. The number of rotatable bonds is 4. The van der Waals surface area contributed by atoms with Crippen molar-refractivity contribution in [2.45, 2.75) is 115 Å². The second-order valence-corrected chi connectivity index (χ2v) is 13.7. The van der Waals surface area contributed by atoms with Crippen molar-refractivity contribution in [1.82, 2.24) is 0 Å². The van der Waals surface area contributed by atoms with Crippen molar-refractivity contribution in [3.8, 4) is 0 Å². The van der Waals surface area contributed by atoms with Crippen LogP contribution in [0, 0.1) is 40.4 Å². The van der Waals surface area contributed by atoms with Gasteiger partial charge in [0.1, 0.15) is 6.10 Å². The van der Waals surface area contributed by atoms with E-state index in [9.17, 15) is 35.1 Å². The van der Waals surface area contributed by atoms with Gasteiger partial charge in [-0.15, -0.1) is 0 Å². The molecule has 1 saturated heterocycles. The first kappa shape index (κ1) is 27.3. The third-order valence-electron chi connectivity index (χ3n) is 11.9. The van der Waals surface area contributed by atoms with E-state index >= 15 is 0 Å². The van der Waals surface area contributed by atoms with Crippen LogP contribution < -0.4 is 0 Å². The minimum absolute atomic E-state index is 0.104. The van der Waals surface area contributed by atoms with Crippen molar-refractivity contribution in [2.24, 2.45) is 40.4 Å². The summed E-state index contributed by atoms with van der Waals surface area (Å²) >= 11 is 0. The summed E-state index contributed by atoms with van der Waals surface area (Å²) in [4.78, 5) is 25.4. The van der Waals surface area contributed by atoms with Crippen molar-refractivity contribution in [3.63, 3.8) is 0 Å². The molecule has 8 nitrogen and oxygen atoms in total. The Balaban J connectivity index is 1.44. The zero-order chi connectivity index (χ0) is 27.3. The summed E-state index contributed by atoms with van der Waals surface area (Å²) < 4.78 is 5.34. The number of fused-ring (bicyclic) bond motifs is 5. The Bertz CT molecular complexity index is 1010. The summed E-state index contributed by atoms with van der Waals surface area (Å²) in [5.74, 6) is -1.88. The number of allylic oxidation sites excluding steroid dienone is 1. The van der Waals surface area contributed by atoms with Crippen LogP contribution in [-0.2, 0) is 14.3 Å². The smallest absolute Gasteiger partial charge is 0.309 e. The Morgan fingerprint density at radius 1 is 1.11 bits per heavy atom. The number of aliphatic hydroxyl groups is 5. The molecular formula is C29H44O8. The number of cyclic esters (lactones) is 1. The van der Waals surface area contributed by atoms with Crippen molar-refractivity contribution < 1.29 is 39.9 Å². The molecule has 13 atom stereocenters. The molecule has 0 amide bonds. The fraction of sp³-hybridized carbons (Fsp3) is 0.862. The number of ketones is 1. The number of hydrogen-bond donors (Lipinski definition) is 5. The molecular weight excluding hydrogens is 476 g/mol. The van der Waals surface area contributed by atoms with E-state index in [0.717, 1.165) is 0 Å². The van der Waals surface area contributed by atoms with Crippen molar-refractivity contribution in [2.75, 3.05) is 0 Å². The number of esters is 1. The van der Waals surface area contributed by atoms with Gasteiger partial charge >= 0.3 is 5.97 Å². The van der Waals surface area contributed by atoms with E-state index in [1.807, 2.05) is 20.8 Å². The van der Waals surface area contributed by atoms with Gasteiger partial charge in [-0.1, -0.05) is 20.8 Å². The Morgan fingerprint density at radius 3 is 2.41 bits per heavy atom. The monoisotopic (exact) mass is 520 g/mol. The number of carbonyl (C=O) groups is 2. The standard InChI is InChI=1S/C29H44O8/c1-14-16(15(2)37-25(14)34)10-24(33)28(5,35)23-7-9-29(36)18-11-20(30)19-12-21(31)22(32)13-26(19,3)17(18)6-8-27(23,29)4/h11,14-17,19,21-24,31-33,35-36H,6-10,12-13H2,1-5H3/t14?,15?,16?,17?,19?,21?,22?,23?,24-,26?,27?,28-,29-/m1/s1. The highest BCUT2D eigenvalue weighted by Gasteiger charge is 2.69. The second-order valence-electron chi connectivity index (χ2n) is 13.7. The van der Waals surface area contributed by atoms with Gasteiger partial charge in [-0.2, -0.15) is 0 Å². The van der Waals surface area contributed by atoms with Gasteiger partial charge < -0.3 is 30.3 Å². The molecule has 4 fully saturated rings. The van der Waals surface area contributed by atoms with Gasteiger partial charge in [-0.3, -0.25) is 9.59 Å². The molecule has 37 heavy (non-hydrogen) atoms. The maximum Gasteiger partial charge on any atom is 0.309 e. The maximum absolute atomic E-state index is 13.3. The van der Waals surface area contributed by atoms with Gasteiger partial charge in [0.25, 0.3) is 0 Å². The Kier molecular flexibility index (Phi) is 6.33. The second kappa shape index (κ2) is 8.59. The average Bonchev–Trinajstić information content (AvgIpc) is 3.23. The minimum Gasteiger partial charge on any atom is -0.462 e. The van der Waals surface area contributed by atoms with Crippen LogP contribution in [0.5, 0.6) is 0 Å². The lowest BCUT2D eigenvalue weighted by molar-refractivity contribution is -0.178. The van der Waals surface area contributed by atoms with Crippen LogP contribution in [0.3, 0.4) is 0 Å². The fourth-order valence-electron chi connectivity index (χ4n) is 9.39. The zero-order valence-electron chi connectivity index (χ0n) is 22.7. The third kappa shape index (κ3) is 3.65. The largest absolute Gasteiger partial charge is 0.462 e. The highest BCUT2D eigenvalue weighted by Crippen LogP contribution is 2.68. The topological polar surface area (TPSA) is 145 Å². The average molecular weight is 521 g/mol. The molecule has 5 N–H and O–H groups in total. The molecule has 0 aromatic heterocycles. The van der Waals surface area contributed by atoms with E-state index in [-0.39, 0.29) is 48.5 Å². The summed E-state index contributed by atoms with van der Waals surface area (Å²) in [5, 5.41) is 56.2. The van der Waals surface area contributed by atoms with Gasteiger partial charge in [-0.25, -0.2) is 0 Å². The molecule has 0 aromatic rings. The lowest BCUT2D eigenvalue weighted by Gasteiger charge is -2.60. The Hall–Kier alpha value is -1.32. The van der Waals surface area contributed by atoms with Crippen LogP contribution in [0.2, 0.25) is 0 Å². The van der Waals surface area contributed by atoms with Gasteiger partial charge in [0.2, 0.25) is 0 Å². The molecule has 0 aromatic carbocycles. The molecule has 208 valence electrons. The van der Waals surface area contributed by atoms with Crippen molar-refractivity contribution >= 4 is 11.8 Å². The summed E-state index contributed by atoms with van der Waals surface area (Å²) in [6.07, 6.45) is 1.21. The van der Waals surface area contributed by atoms with E-state index in [1.165, 1.54) is 0 Å². The Morgan fingerprint density at radius 2 is 1.78 bits per heavy atom. The van der Waals surface area contributed by atoms with E-state index in [4.69, 9.17) is 4.74 Å². The van der Waals surface area contributed by atoms with Gasteiger partial charge in [0.05, 0.1) is 35.4 Å². The summed E-state index contributed by atoms with van der Waals surface area (Å²) in [6, 6.07) is 0. The van der Waals surface area contributed by atoms with Crippen LogP contribution in [0.1, 0.15) is 79.6 Å². The van der Waals surface area contributed by atoms with E-state index in [1.54, 1.807) is 19.9 Å². The highest BCUT2D eigenvalue weighted by atomic mass is 16.6. The predicted molar refractivity (Wildman–Crippen MR) is 134 cm³/mol. The number of carbonyl (C=O) groups excluding carboxylic acids is 2. The predicted octanol–water partition coefficient (Wildman–Crippen LogP) is 1.89. The van der Waals surface area contributed by atoms with Gasteiger partial charge in [0, 0.05) is 17.3 Å². The van der Waals surface area contributed by atoms with Crippen LogP contribution in [0.4, 0.5) is 0 Å². The molecule has 1 heterocycles. The number of aliphatic hydroxyl groups excluding tert-OH is 3. The SMILES string of the molecule is CC1OC(=O)C(C)C1C[C@@H](O)[C@](C)(O)C1CC[C@@]2(O)C3=CC(=O)C4CC(O)C(O)CC4(C)C3CCC12C. The summed E-state index contributed by atoms with van der Waals surface area (Å²) in [5.41, 5.74) is -3.47. The molecule has 1 aliphatic heterocycles. The first-order chi connectivity index (χ1) is 17.1. The molecule has 8 heteroatoms. The maximum atomic E-state index is 13.3. The zero-order valence-corrected chi connectivity index (χ0v) is 22.7. The first-order valence-corrected chi connectivity index (χ1v) is 14.0. The molecule has 10 unspecified atom stereocenters. The van der Waals surface area contributed by atoms with E-state index in [2.05, 4.69) is 0 Å². The summed E-state index contributed by atoms with van der Waals surface area (Å²) in [6.45, 7) is 9.21. The summed E-state index contributed by atoms with van der Waals surface area (Å²) in [7, 11) is 0. The molecule has 5 rings (SSSR count). The Labute approximate surface area is 219 Å². The van der Waals surface area contributed by atoms with Crippen molar-refractivity contribution in [1.29, 1.82) is 0 Å². The lowest BCUT2D eigenvalue weighted by atomic mass is 9.45. The molecule has 0 spiro atoms. The van der Waals surface area contributed by atoms with Crippen molar-refractivity contribution in [3.05, 3.63) is 11.6 Å². The lowest BCUT2D eigenvalue weighted by Crippen LogP contribution is -2.63. The van der Waals surface area contributed by atoms with Crippen LogP contribution in [0.25, 0.3) is 0 Å². The molecule has 3 saturated carbocycles.